The quantitative estimate of drug-likeness (QED) is 0.448. The number of carbonyl (C=O) groups is 1. The van der Waals surface area contributed by atoms with Gasteiger partial charge in [0, 0.05) is 13.7 Å². The number of benzene rings is 3. The van der Waals surface area contributed by atoms with E-state index in [1.807, 2.05) is 66.7 Å². The van der Waals surface area contributed by atoms with Crippen molar-refractivity contribution in [2.45, 2.75) is 19.4 Å². The lowest BCUT2D eigenvalue weighted by atomic mass is 9.91. The second-order valence-electron chi connectivity index (χ2n) is 7.16. The number of aryl methyl sites for hydroxylation is 1. The average Bonchev–Trinajstić information content (AvgIpc) is 3.12. The van der Waals surface area contributed by atoms with E-state index in [0.29, 0.717) is 18.0 Å². The lowest BCUT2D eigenvalue weighted by Crippen LogP contribution is -2.22. The highest BCUT2D eigenvalue weighted by atomic mass is 32.1. The Morgan fingerprint density at radius 3 is 2.20 bits per heavy atom. The first kappa shape index (κ1) is 20.3. The molecular weight excluding hydrogens is 392 g/mol. The van der Waals surface area contributed by atoms with Crippen LogP contribution < -0.4 is 4.80 Å². The zero-order valence-electron chi connectivity index (χ0n) is 17.1. The van der Waals surface area contributed by atoms with Gasteiger partial charge in [-0.3, -0.25) is 4.79 Å². The predicted molar refractivity (Wildman–Crippen MR) is 122 cm³/mol. The van der Waals surface area contributed by atoms with Crippen molar-refractivity contribution in [1.82, 2.24) is 4.57 Å². The number of ether oxygens (including phenoxy) is 1. The van der Waals surface area contributed by atoms with E-state index in [4.69, 9.17) is 4.74 Å². The molecule has 152 valence electrons. The van der Waals surface area contributed by atoms with Gasteiger partial charge in [0.1, 0.15) is 0 Å². The van der Waals surface area contributed by atoms with Gasteiger partial charge in [-0.15, -0.1) is 0 Å². The molecule has 0 aliphatic carbocycles. The molecule has 0 N–H and O–H groups in total. The van der Waals surface area contributed by atoms with Crippen LogP contribution in [-0.2, 0) is 16.1 Å². The summed E-state index contributed by atoms with van der Waals surface area (Å²) in [7, 11) is 1.69. The van der Waals surface area contributed by atoms with Gasteiger partial charge >= 0.3 is 0 Å². The van der Waals surface area contributed by atoms with Crippen molar-refractivity contribution in [3.05, 3.63) is 100 Å². The Morgan fingerprint density at radius 2 is 1.60 bits per heavy atom. The van der Waals surface area contributed by atoms with Crippen LogP contribution in [0, 0.1) is 6.92 Å². The maximum atomic E-state index is 13.5. The van der Waals surface area contributed by atoms with Gasteiger partial charge in [0.05, 0.1) is 22.7 Å². The molecule has 0 radical (unpaired) electrons. The molecule has 1 heterocycles. The summed E-state index contributed by atoms with van der Waals surface area (Å²) in [6, 6.07) is 25.9. The van der Waals surface area contributed by atoms with E-state index < -0.39 is 5.92 Å². The van der Waals surface area contributed by atoms with Crippen LogP contribution in [0.25, 0.3) is 10.2 Å². The minimum Gasteiger partial charge on any atom is -0.383 e. The van der Waals surface area contributed by atoms with Crippen LogP contribution >= 0.6 is 11.3 Å². The Hall–Kier alpha value is -3.02. The van der Waals surface area contributed by atoms with Crippen molar-refractivity contribution in [1.29, 1.82) is 0 Å². The first-order chi connectivity index (χ1) is 14.7. The van der Waals surface area contributed by atoms with Crippen molar-refractivity contribution in [3.8, 4) is 0 Å². The Kier molecular flexibility index (Phi) is 6.21. The summed E-state index contributed by atoms with van der Waals surface area (Å²) in [6.45, 7) is 3.29. The molecule has 1 aromatic heterocycles. The molecular formula is C25H24N2O2S. The Labute approximate surface area is 180 Å². The molecule has 3 aromatic carbocycles. The molecule has 0 aliphatic rings. The first-order valence-corrected chi connectivity index (χ1v) is 10.8. The van der Waals surface area contributed by atoms with Crippen LogP contribution in [-0.4, -0.2) is 24.2 Å². The van der Waals surface area contributed by atoms with Gasteiger partial charge in [-0.1, -0.05) is 84.1 Å². The number of aromatic nitrogens is 1. The van der Waals surface area contributed by atoms with Crippen molar-refractivity contribution in [2.75, 3.05) is 13.7 Å². The van der Waals surface area contributed by atoms with Crippen LogP contribution in [0.2, 0.25) is 0 Å². The molecule has 0 unspecified atom stereocenters. The normalized spacial score (nSPS) is 12.0. The number of methoxy groups -OCH3 is 1. The van der Waals surface area contributed by atoms with E-state index in [-0.39, 0.29) is 5.91 Å². The summed E-state index contributed by atoms with van der Waals surface area (Å²) in [5, 5.41) is 0. The lowest BCUT2D eigenvalue weighted by molar-refractivity contribution is -0.118. The monoisotopic (exact) mass is 416 g/mol. The van der Waals surface area contributed by atoms with E-state index in [9.17, 15) is 4.79 Å². The molecule has 0 atom stereocenters. The van der Waals surface area contributed by atoms with Crippen LogP contribution in [0.5, 0.6) is 0 Å². The summed E-state index contributed by atoms with van der Waals surface area (Å²) in [4.78, 5) is 18.8. The van der Waals surface area contributed by atoms with Crippen molar-refractivity contribution < 1.29 is 9.53 Å². The van der Waals surface area contributed by atoms with Crippen molar-refractivity contribution >= 4 is 27.5 Å². The molecule has 0 spiro atoms. The third-order valence-electron chi connectivity index (χ3n) is 5.14. The third kappa shape index (κ3) is 4.13. The van der Waals surface area contributed by atoms with E-state index >= 15 is 0 Å². The fraction of sp³-hybridized carbons (Fsp3) is 0.200. The van der Waals surface area contributed by atoms with Crippen LogP contribution in [0.3, 0.4) is 0 Å². The lowest BCUT2D eigenvalue weighted by Gasteiger charge is -2.14. The zero-order chi connectivity index (χ0) is 20.9. The van der Waals surface area contributed by atoms with Gasteiger partial charge < -0.3 is 9.30 Å². The number of thiazole rings is 1. The first-order valence-electron chi connectivity index (χ1n) is 9.95. The van der Waals surface area contributed by atoms with E-state index in [2.05, 4.69) is 28.6 Å². The molecule has 0 bridgehead atoms. The summed E-state index contributed by atoms with van der Waals surface area (Å²) >= 11 is 1.54. The standard InChI is InChI=1S/C25H24N2O2S/c1-18-10-9-15-21-23(18)27(16-17-29-2)25(30-21)26-24(28)22(19-11-5-3-6-12-19)20-13-7-4-8-14-20/h3-15,22H,16-17H2,1-2H3. The van der Waals surface area contributed by atoms with E-state index in [0.717, 1.165) is 26.9 Å². The van der Waals surface area contributed by atoms with Crippen LogP contribution in [0.1, 0.15) is 22.6 Å². The zero-order valence-corrected chi connectivity index (χ0v) is 17.9. The number of rotatable bonds is 6. The number of hydrogen-bond donors (Lipinski definition) is 0. The maximum absolute atomic E-state index is 13.5. The van der Waals surface area contributed by atoms with Gasteiger partial charge in [-0.2, -0.15) is 4.99 Å². The van der Waals surface area contributed by atoms with Gasteiger partial charge in [-0.05, 0) is 29.7 Å². The summed E-state index contributed by atoms with van der Waals surface area (Å²) < 4.78 is 8.53. The molecule has 0 aliphatic heterocycles. The molecule has 0 saturated heterocycles. The number of hydrogen-bond acceptors (Lipinski definition) is 3. The Bertz CT molecular complexity index is 1170. The molecule has 4 nitrogen and oxygen atoms in total. The van der Waals surface area contributed by atoms with Crippen molar-refractivity contribution in [2.24, 2.45) is 4.99 Å². The molecule has 0 saturated carbocycles. The number of carbonyl (C=O) groups excluding carboxylic acids is 1. The Balaban J connectivity index is 1.85. The largest absolute Gasteiger partial charge is 0.383 e. The Morgan fingerprint density at radius 1 is 0.967 bits per heavy atom. The summed E-state index contributed by atoms with van der Waals surface area (Å²) in [5.74, 6) is -0.600. The highest BCUT2D eigenvalue weighted by Gasteiger charge is 2.22. The molecule has 4 rings (SSSR count). The van der Waals surface area contributed by atoms with E-state index in [1.165, 1.54) is 0 Å². The highest BCUT2D eigenvalue weighted by molar-refractivity contribution is 7.16. The second-order valence-corrected chi connectivity index (χ2v) is 8.16. The second kappa shape index (κ2) is 9.20. The molecule has 1 amide bonds. The number of nitrogens with zero attached hydrogens (tertiary/aromatic N) is 2. The smallest absolute Gasteiger partial charge is 0.260 e. The van der Waals surface area contributed by atoms with Crippen LogP contribution in [0.4, 0.5) is 0 Å². The third-order valence-corrected chi connectivity index (χ3v) is 6.18. The minimum absolute atomic E-state index is 0.164. The van der Waals surface area contributed by atoms with E-state index in [1.54, 1.807) is 18.4 Å². The minimum atomic E-state index is -0.436. The number of para-hydroxylation sites is 1. The SMILES string of the molecule is COCCn1c(=NC(=O)C(c2ccccc2)c2ccccc2)sc2cccc(C)c21. The fourth-order valence-corrected chi connectivity index (χ4v) is 4.85. The maximum Gasteiger partial charge on any atom is 0.260 e. The van der Waals surface area contributed by atoms with Gasteiger partial charge in [0.2, 0.25) is 0 Å². The average molecular weight is 417 g/mol. The van der Waals surface area contributed by atoms with Gasteiger partial charge in [-0.25, -0.2) is 0 Å². The number of amides is 1. The topological polar surface area (TPSA) is 43.6 Å². The van der Waals surface area contributed by atoms with Gasteiger partial charge in [0.25, 0.3) is 5.91 Å². The molecule has 5 heteroatoms. The molecule has 4 aromatic rings. The fourth-order valence-electron chi connectivity index (χ4n) is 3.71. The van der Waals surface area contributed by atoms with Gasteiger partial charge in [0.15, 0.2) is 4.80 Å². The predicted octanol–water partition coefficient (Wildman–Crippen LogP) is 4.92. The number of fused-ring (bicyclic) bond motifs is 1. The van der Waals surface area contributed by atoms with Crippen LogP contribution in [0.15, 0.2) is 83.9 Å². The molecule has 30 heavy (non-hydrogen) atoms. The van der Waals surface area contributed by atoms with Crippen molar-refractivity contribution in [3.63, 3.8) is 0 Å². The summed E-state index contributed by atoms with van der Waals surface area (Å²) in [6.07, 6.45) is 0. The summed E-state index contributed by atoms with van der Waals surface area (Å²) in [5.41, 5.74) is 4.16. The molecule has 0 fully saturated rings. The highest BCUT2D eigenvalue weighted by Crippen LogP contribution is 2.26.